The molecule has 2 aromatic heterocycles. The van der Waals surface area contributed by atoms with Crippen molar-refractivity contribution in [2.45, 2.75) is 6.54 Å². The molecule has 0 saturated carbocycles. The largest absolute Gasteiger partial charge is 0.467 e. The fraction of sp³-hybridized carbons (Fsp3) is 0.238. The number of rotatable bonds is 6. The van der Waals surface area contributed by atoms with Gasteiger partial charge in [-0.05, 0) is 36.4 Å². The lowest BCUT2D eigenvalue weighted by Crippen LogP contribution is -2.36. The van der Waals surface area contributed by atoms with Crippen LogP contribution in [0.2, 0.25) is 0 Å². The number of nitrogens with zero attached hydrogens (tertiary/aromatic N) is 2. The number of furan rings is 1. The van der Waals surface area contributed by atoms with Crippen LogP contribution in [-0.4, -0.2) is 37.2 Å². The van der Waals surface area contributed by atoms with Gasteiger partial charge in [-0.15, -0.1) is 0 Å². The van der Waals surface area contributed by atoms with Crippen LogP contribution < -0.4 is 15.5 Å². The molecule has 28 heavy (non-hydrogen) atoms. The monoisotopic (exact) mass is 378 g/mol. The first-order valence-electron chi connectivity index (χ1n) is 9.25. The minimum absolute atomic E-state index is 0.191. The first kappa shape index (κ1) is 18.1. The van der Waals surface area contributed by atoms with Crippen LogP contribution in [-0.2, 0) is 11.3 Å². The Hall–Kier alpha value is -3.32. The van der Waals surface area contributed by atoms with Crippen molar-refractivity contribution in [3.8, 4) is 0 Å². The highest BCUT2D eigenvalue weighted by atomic mass is 16.5. The summed E-state index contributed by atoms with van der Waals surface area (Å²) < 4.78 is 10.7. The highest BCUT2D eigenvalue weighted by molar-refractivity contribution is 5.94. The second-order valence-corrected chi connectivity index (χ2v) is 6.44. The Morgan fingerprint density at radius 1 is 1.07 bits per heavy atom. The average Bonchev–Trinajstić information content (AvgIpc) is 3.27. The summed E-state index contributed by atoms with van der Waals surface area (Å²) in [6.45, 7) is 3.53. The highest BCUT2D eigenvalue weighted by Crippen LogP contribution is 2.28. The summed E-state index contributed by atoms with van der Waals surface area (Å²) in [6.07, 6.45) is 3.15. The maximum Gasteiger partial charge on any atom is 0.253 e. The van der Waals surface area contributed by atoms with Crippen molar-refractivity contribution in [2.24, 2.45) is 0 Å². The van der Waals surface area contributed by atoms with Gasteiger partial charge in [-0.1, -0.05) is 12.1 Å². The molecule has 0 radical (unpaired) electrons. The summed E-state index contributed by atoms with van der Waals surface area (Å²) >= 11 is 0. The van der Waals surface area contributed by atoms with Gasteiger partial charge in [-0.25, -0.2) is 4.98 Å². The number of carbonyl (C=O) groups excluding carboxylic acids is 1. The van der Waals surface area contributed by atoms with Gasteiger partial charge >= 0.3 is 0 Å². The van der Waals surface area contributed by atoms with Crippen LogP contribution in [0, 0.1) is 0 Å². The first-order chi connectivity index (χ1) is 13.8. The Kier molecular flexibility index (Phi) is 5.53. The van der Waals surface area contributed by atoms with E-state index in [1.54, 1.807) is 30.7 Å². The van der Waals surface area contributed by atoms with E-state index < -0.39 is 0 Å². The minimum Gasteiger partial charge on any atom is -0.467 e. The molecule has 1 aliphatic heterocycles. The van der Waals surface area contributed by atoms with Crippen LogP contribution in [0.5, 0.6) is 0 Å². The number of benzene rings is 1. The van der Waals surface area contributed by atoms with Gasteiger partial charge in [0.25, 0.3) is 5.91 Å². The molecule has 0 spiro atoms. The maximum atomic E-state index is 12.2. The number of morpholine rings is 1. The second-order valence-electron chi connectivity index (χ2n) is 6.44. The van der Waals surface area contributed by atoms with E-state index in [4.69, 9.17) is 9.15 Å². The Morgan fingerprint density at radius 3 is 2.68 bits per heavy atom. The van der Waals surface area contributed by atoms with Crippen LogP contribution in [0.15, 0.2) is 65.4 Å². The van der Waals surface area contributed by atoms with Gasteiger partial charge in [0, 0.05) is 19.3 Å². The van der Waals surface area contributed by atoms with Crippen molar-refractivity contribution in [3.05, 3.63) is 72.3 Å². The SMILES string of the molecule is O=C(NCc1ccco1)c1ccc(Nc2ccccc2N2CCOCC2)nc1. The first-order valence-corrected chi connectivity index (χ1v) is 9.25. The van der Waals surface area contributed by atoms with Crippen LogP contribution in [0.25, 0.3) is 0 Å². The number of nitrogens with one attached hydrogen (secondary N) is 2. The van der Waals surface area contributed by atoms with E-state index in [1.165, 1.54) is 0 Å². The molecule has 3 heterocycles. The van der Waals surface area contributed by atoms with Crippen molar-refractivity contribution in [2.75, 3.05) is 36.5 Å². The molecule has 1 fully saturated rings. The van der Waals surface area contributed by atoms with E-state index >= 15 is 0 Å². The predicted molar refractivity (Wildman–Crippen MR) is 107 cm³/mol. The van der Waals surface area contributed by atoms with E-state index in [0.29, 0.717) is 23.7 Å². The lowest BCUT2D eigenvalue weighted by molar-refractivity contribution is 0.0947. The molecule has 7 nitrogen and oxygen atoms in total. The Labute approximate surface area is 163 Å². The van der Waals surface area contributed by atoms with Crippen LogP contribution >= 0.6 is 0 Å². The minimum atomic E-state index is -0.191. The van der Waals surface area contributed by atoms with E-state index in [9.17, 15) is 4.79 Å². The smallest absolute Gasteiger partial charge is 0.253 e. The number of pyridine rings is 1. The van der Waals surface area contributed by atoms with E-state index in [2.05, 4.69) is 26.6 Å². The summed E-state index contributed by atoms with van der Waals surface area (Å²) in [7, 11) is 0. The number of amides is 1. The van der Waals surface area contributed by atoms with Crippen molar-refractivity contribution in [1.82, 2.24) is 10.3 Å². The van der Waals surface area contributed by atoms with Gasteiger partial charge < -0.3 is 24.7 Å². The molecular formula is C21H22N4O3. The average molecular weight is 378 g/mol. The molecule has 0 aliphatic carbocycles. The van der Waals surface area contributed by atoms with Crippen molar-refractivity contribution < 1.29 is 13.9 Å². The van der Waals surface area contributed by atoms with Crippen molar-refractivity contribution in [1.29, 1.82) is 0 Å². The van der Waals surface area contributed by atoms with Gasteiger partial charge in [0.1, 0.15) is 11.6 Å². The lowest BCUT2D eigenvalue weighted by atomic mass is 10.2. The molecule has 4 rings (SSSR count). The topological polar surface area (TPSA) is 79.6 Å². The quantitative estimate of drug-likeness (QED) is 0.686. The molecule has 1 saturated heterocycles. The lowest BCUT2D eigenvalue weighted by Gasteiger charge is -2.30. The van der Waals surface area contributed by atoms with Gasteiger partial charge in [0.15, 0.2) is 0 Å². The standard InChI is InChI=1S/C21H22N4O3/c26-21(23-15-17-4-3-11-28-17)16-7-8-20(22-14-16)24-18-5-1-2-6-19(18)25-9-12-27-13-10-25/h1-8,11,14H,9-10,12-13,15H2,(H,22,24)(H,23,26). The third-order valence-electron chi connectivity index (χ3n) is 4.55. The van der Waals surface area contributed by atoms with Crippen molar-refractivity contribution in [3.63, 3.8) is 0 Å². The molecule has 7 heteroatoms. The van der Waals surface area contributed by atoms with Gasteiger partial charge in [-0.3, -0.25) is 4.79 Å². The number of carbonyl (C=O) groups is 1. The van der Waals surface area contributed by atoms with E-state index in [-0.39, 0.29) is 5.91 Å². The summed E-state index contributed by atoms with van der Waals surface area (Å²) in [5.74, 6) is 1.20. The number of aromatic nitrogens is 1. The zero-order valence-electron chi connectivity index (χ0n) is 15.4. The summed E-state index contributed by atoms with van der Waals surface area (Å²) in [5.41, 5.74) is 2.60. The van der Waals surface area contributed by atoms with Crippen LogP contribution in [0.1, 0.15) is 16.1 Å². The zero-order valence-corrected chi connectivity index (χ0v) is 15.4. The molecular weight excluding hydrogens is 356 g/mol. The molecule has 0 unspecified atom stereocenters. The van der Waals surface area contributed by atoms with Crippen LogP contribution in [0.3, 0.4) is 0 Å². The fourth-order valence-electron chi connectivity index (χ4n) is 3.08. The molecule has 144 valence electrons. The zero-order chi connectivity index (χ0) is 19.2. The number of hydrogen-bond donors (Lipinski definition) is 2. The Balaban J connectivity index is 1.41. The number of anilines is 3. The molecule has 2 N–H and O–H groups in total. The molecule has 1 aliphatic rings. The predicted octanol–water partition coefficient (Wildman–Crippen LogP) is 3.18. The number of para-hydroxylation sites is 2. The third kappa shape index (κ3) is 4.32. The maximum absolute atomic E-state index is 12.2. The van der Waals surface area contributed by atoms with Gasteiger partial charge in [0.05, 0.1) is 43.0 Å². The number of ether oxygens (including phenoxy) is 1. The van der Waals surface area contributed by atoms with Gasteiger partial charge in [-0.2, -0.15) is 0 Å². The Bertz CT molecular complexity index is 904. The normalized spacial score (nSPS) is 13.9. The van der Waals surface area contributed by atoms with Gasteiger partial charge in [0.2, 0.25) is 0 Å². The van der Waals surface area contributed by atoms with E-state index in [1.807, 2.05) is 24.3 Å². The Morgan fingerprint density at radius 2 is 1.93 bits per heavy atom. The summed E-state index contributed by atoms with van der Waals surface area (Å²) in [5, 5.41) is 6.16. The highest BCUT2D eigenvalue weighted by Gasteiger charge is 2.15. The second kappa shape index (κ2) is 8.58. The third-order valence-corrected chi connectivity index (χ3v) is 4.55. The molecule has 1 aromatic carbocycles. The summed E-state index contributed by atoms with van der Waals surface area (Å²) in [4.78, 5) is 18.9. The summed E-state index contributed by atoms with van der Waals surface area (Å²) in [6, 6.07) is 15.3. The fourth-order valence-corrected chi connectivity index (χ4v) is 3.08. The number of hydrogen-bond acceptors (Lipinski definition) is 6. The molecule has 3 aromatic rings. The molecule has 0 bridgehead atoms. The molecule has 1 amide bonds. The van der Waals surface area contributed by atoms with Crippen LogP contribution in [0.4, 0.5) is 17.2 Å². The van der Waals surface area contributed by atoms with E-state index in [0.717, 1.165) is 37.7 Å². The van der Waals surface area contributed by atoms with Crippen molar-refractivity contribution >= 4 is 23.1 Å². The molecule has 0 atom stereocenters.